The number of rotatable bonds is 24. The first kappa shape index (κ1) is 36.2. The summed E-state index contributed by atoms with van der Waals surface area (Å²) in [5.41, 5.74) is 2.76. The molecule has 0 atom stereocenters. The second-order valence-corrected chi connectivity index (χ2v) is 15.0. The zero-order valence-corrected chi connectivity index (χ0v) is 30.2. The van der Waals surface area contributed by atoms with Crippen LogP contribution in [0, 0.1) is 12.3 Å². The lowest BCUT2D eigenvalue weighted by Crippen LogP contribution is -2.30. The van der Waals surface area contributed by atoms with E-state index >= 15 is 0 Å². The van der Waals surface area contributed by atoms with Crippen molar-refractivity contribution in [1.29, 1.82) is 0 Å². The molecular weight excluding hydrogens is 605 g/mol. The Labute approximate surface area is 287 Å². The summed E-state index contributed by atoms with van der Waals surface area (Å²) >= 11 is 3.11. The summed E-state index contributed by atoms with van der Waals surface area (Å²) in [7, 11) is 0. The first-order valence-corrected chi connectivity index (χ1v) is 20.0. The average Bonchev–Trinajstić information content (AvgIpc) is 3.86. The van der Waals surface area contributed by atoms with E-state index in [-0.39, 0.29) is 11.8 Å². The van der Waals surface area contributed by atoms with Gasteiger partial charge in [-0.05, 0) is 36.4 Å². The van der Waals surface area contributed by atoms with Gasteiger partial charge in [-0.15, -0.1) is 29.1 Å². The standard InChI is InChI=1S/C40H56N2O2S2/c1-4-7-9-11-13-15-17-19-21-23-29-41-37(33-26-25-31-45-33)35-36(40(41)44)38(34-28-27-32(6-3)46-34)42(39(35)43)30-24-22-20-18-16-14-12-10-8-5-2/h3,25-28,31H,4-5,7-24,29-30H2,1-2H3. The van der Waals surface area contributed by atoms with Crippen LogP contribution in [0.4, 0.5) is 0 Å². The van der Waals surface area contributed by atoms with Crippen molar-refractivity contribution in [2.24, 2.45) is 0 Å². The third-order valence-corrected chi connectivity index (χ3v) is 11.3. The molecular formula is C40H56N2O2S2. The number of thiophene rings is 2. The molecule has 2 aromatic rings. The SMILES string of the molecule is C#Cc1ccc(C2=C3C(=O)N(CCCCCCCCCCCC)C(c4cccs4)=C3C(=O)N2CCCCCCCCCCCC)s1. The largest absolute Gasteiger partial charge is 0.306 e. The Morgan fingerprint density at radius 3 is 1.41 bits per heavy atom. The summed E-state index contributed by atoms with van der Waals surface area (Å²) < 4.78 is 0. The molecule has 46 heavy (non-hydrogen) atoms. The molecule has 0 radical (unpaired) electrons. The number of terminal acetylenes is 1. The number of carbonyl (C=O) groups is 2. The Hall–Kier alpha value is -2.62. The molecule has 2 aliphatic rings. The molecule has 0 fully saturated rings. The molecule has 4 heterocycles. The molecule has 0 aromatic carbocycles. The number of carbonyl (C=O) groups excluding carboxylic acids is 2. The Morgan fingerprint density at radius 2 is 1.02 bits per heavy atom. The molecule has 0 bridgehead atoms. The molecule has 0 saturated heterocycles. The van der Waals surface area contributed by atoms with E-state index in [1.807, 2.05) is 39.4 Å². The fourth-order valence-corrected chi connectivity index (χ4v) is 8.47. The van der Waals surface area contributed by atoms with Gasteiger partial charge in [-0.25, -0.2) is 0 Å². The molecule has 0 N–H and O–H groups in total. The molecule has 0 aliphatic carbocycles. The van der Waals surface area contributed by atoms with E-state index in [1.165, 1.54) is 114 Å². The molecule has 4 rings (SSSR count). The van der Waals surface area contributed by atoms with Crippen molar-refractivity contribution in [3.05, 3.63) is 55.4 Å². The Bertz CT molecular complexity index is 1340. The maximum Gasteiger partial charge on any atom is 0.261 e. The van der Waals surface area contributed by atoms with Crippen molar-refractivity contribution < 1.29 is 9.59 Å². The van der Waals surface area contributed by atoms with Gasteiger partial charge in [-0.1, -0.05) is 141 Å². The molecule has 0 saturated carbocycles. The number of hydrogen-bond acceptors (Lipinski definition) is 4. The van der Waals surface area contributed by atoms with E-state index in [0.717, 1.165) is 51.7 Å². The first-order valence-electron chi connectivity index (χ1n) is 18.4. The highest BCUT2D eigenvalue weighted by molar-refractivity contribution is 7.13. The first-order chi connectivity index (χ1) is 22.6. The second kappa shape index (κ2) is 19.9. The van der Waals surface area contributed by atoms with Crippen LogP contribution < -0.4 is 0 Å². The minimum absolute atomic E-state index is 0.0288. The normalized spacial score (nSPS) is 14.7. The van der Waals surface area contributed by atoms with Crippen molar-refractivity contribution in [2.75, 3.05) is 13.1 Å². The third-order valence-electron chi connectivity index (χ3n) is 9.39. The van der Waals surface area contributed by atoms with Crippen molar-refractivity contribution in [3.63, 3.8) is 0 Å². The number of fused-ring (bicyclic) bond motifs is 1. The lowest BCUT2D eigenvalue weighted by atomic mass is 10.1. The zero-order valence-electron chi connectivity index (χ0n) is 28.5. The van der Waals surface area contributed by atoms with Crippen LogP contribution in [0.25, 0.3) is 11.4 Å². The summed E-state index contributed by atoms with van der Waals surface area (Å²) in [6, 6.07) is 7.99. The average molecular weight is 661 g/mol. The molecule has 0 unspecified atom stereocenters. The lowest BCUT2D eigenvalue weighted by molar-refractivity contribution is -0.124. The van der Waals surface area contributed by atoms with Gasteiger partial charge in [0.2, 0.25) is 0 Å². The molecule has 2 aromatic heterocycles. The third kappa shape index (κ3) is 9.71. The topological polar surface area (TPSA) is 40.6 Å². The molecule has 250 valence electrons. The van der Waals surface area contributed by atoms with Crippen LogP contribution in [0.1, 0.15) is 157 Å². The fourth-order valence-electron chi connectivity index (χ4n) is 6.81. The maximum absolute atomic E-state index is 14.3. The number of hydrogen-bond donors (Lipinski definition) is 0. The van der Waals surface area contributed by atoms with E-state index < -0.39 is 0 Å². The second-order valence-electron chi connectivity index (χ2n) is 13.0. The van der Waals surface area contributed by atoms with Gasteiger partial charge in [0, 0.05) is 13.1 Å². The van der Waals surface area contributed by atoms with Crippen LogP contribution in [0.5, 0.6) is 0 Å². The van der Waals surface area contributed by atoms with Gasteiger partial charge in [0.25, 0.3) is 11.8 Å². The van der Waals surface area contributed by atoms with Crippen LogP contribution in [0.3, 0.4) is 0 Å². The molecule has 0 spiro atoms. The van der Waals surface area contributed by atoms with Gasteiger partial charge in [0.05, 0.1) is 37.2 Å². The summed E-state index contributed by atoms with van der Waals surface area (Å²) in [6.45, 7) is 5.80. The summed E-state index contributed by atoms with van der Waals surface area (Å²) in [5.74, 6) is 2.69. The summed E-state index contributed by atoms with van der Waals surface area (Å²) in [6.07, 6.45) is 30.7. The Morgan fingerprint density at radius 1 is 0.587 bits per heavy atom. The highest BCUT2D eigenvalue weighted by Crippen LogP contribution is 2.48. The summed E-state index contributed by atoms with van der Waals surface area (Å²) in [5, 5.41) is 2.04. The van der Waals surface area contributed by atoms with Crippen LogP contribution in [-0.4, -0.2) is 34.7 Å². The minimum Gasteiger partial charge on any atom is -0.306 e. The Kier molecular flexibility index (Phi) is 15.7. The number of amides is 2. The molecule has 2 amide bonds. The van der Waals surface area contributed by atoms with Gasteiger partial charge in [0.15, 0.2) is 0 Å². The highest BCUT2D eigenvalue weighted by atomic mass is 32.1. The molecule has 4 nitrogen and oxygen atoms in total. The quantitative estimate of drug-likeness (QED) is 0.0830. The van der Waals surface area contributed by atoms with Gasteiger partial charge in [-0.2, -0.15) is 0 Å². The van der Waals surface area contributed by atoms with E-state index in [0.29, 0.717) is 24.2 Å². The van der Waals surface area contributed by atoms with Gasteiger partial charge >= 0.3 is 0 Å². The number of nitrogens with zero attached hydrogens (tertiary/aromatic N) is 2. The Balaban J connectivity index is 1.44. The van der Waals surface area contributed by atoms with Crippen LogP contribution in [0.15, 0.2) is 40.8 Å². The zero-order chi connectivity index (χ0) is 32.6. The van der Waals surface area contributed by atoms with Crippen molar-refractivity contribution >= 4 is 45.9 Å². The predicted molar refractivity (Wildman–Crippen MR) is 198 cm³/mol. The molecule has 2 aliphatic heterocycles. The predicted octanol–water partition coefficient (Wildman–Crippen LogP) is 11.4. The van der Waals surface area contributed by atoms with Gasteiger partial charge in [0.1, 0.15) is 0 Å². The number of unbranched alkanes of at least 4 members (excludes halogenated alkanes) is 18. The van der Waals surface area contributed by atoms with E-state index in [4.69, 9.17) is 6.42 Å². The van der Waals surface area contributed by atoms with Gasteiger partial charge < -0.3 is 9.80 Å². The van der Waals surface area contributed by atoms with Crippen LogP contribution >= 0.6 is 22.7 Å². The van der Waals surface area contributed by atoms with E-state index in [1.54, 1.807) is 11.3 Å². The van der Waals surface area contributed by atoms with Crippen molar-refractivity contribution in [3.8, 4) is 12.3 Å². The lowest BCUT2D eigenvalue weighted by Gasteiger charge is -2.24. The van der Waals surface area contributed by atoms with Crippen LogP contribution in [-0.2, 0) is 9.59 Å². The monoisotopic (exact) mass is 660 g/mol. The smallest absolute Gasteiger partial charge is 0.261 e. The molecule has 6 heteroatoms. The van der Waals surface area contributed by atoms with E-state index in [9.17, 15) is 9.59 Å². The van der Waals surface area contributed by atoms with Crippen LogP contribution in [0.2, 0.25) is 0 Å². The highest BCUT2D eigenvalue weighted by Gasteiger charge is 2.49. The summed E-state index contributed by atoms with van der Waals surface area (Å²) in [4.78, 5) is 35.1. The van der Waals surface area contributed by atoms with Gasteiger partial charge in [-0.3, -0.25) is 9.59 Å². The van der Waals surface area contributed by atoms with E-state index in [2.05, 4.69) is 19.8 Å². The maximum atomic E-state index is 14.3. The minimum atomic E-state index is -0.0288. The fraction of sp³-hybridized carbons (Fsp3) is 0.600. The van der Waals surface area contributed by atoms with Crippen molar-refractivity contribution in [1.82, 2.24) is 9.80 Å². The van der Waals surface area contributed by atoms with Crippen molar-refractivity contribution in [2.45, 2.75) is 142 Å².